The molecule has 1 aromatic heterocycles. The molecule has 2 aromatic rings. The van der Waals surface area contributed by atoms with Crippen molar-refractivity contribution in [1.82, 2.24) is 19.9 Å². The summed E-state index contributed by atoms with van der Waals surface area (Å²) in [7, 11) is -3.61. The molecule has 0 amide bonds. The van der Waals surface area contributed by atoms with Crippen LogP contribution in [0.3, 0.4) is 0 Å². The van der Waals surface area contributed by atoms with Crippen molar-refractivity contribution in [2.75, 3.05) is 0 Å². The second kappa shape index (κ2) is 4.95. The van der Waals surface area contributed by atoms with E-state index in [0.717, 1.165) is 0 Å². The predicted octanol–water partition coefficient (Wildman–Crippen LogP) is 0.155. The highest BCUT2D eigenvalue weighted by Crippen LogP contribution is 2.10. The molecule has 7 nitrogen and oxygen atoms in total. The predicted molar refractivity (Wildman–Crippen MR) is 61.6 cm³/mol. The summed E-state index contributed by atoms with van der Waals surface area (Å²) in [4.78, 5) is 3.90. The quantitative estimate of drug-likeness (QED) is 0.815. The topological polar surface area (TPSA) is 112 Å². The minimum atomic E-state index is -3.61. The fourth-order valence-corrected chi connectivity index (χ4v) is 2.26. The van der Waals surface area contributed by atoms with Crippen LogP contribution >= 0.6 is 0 Å². The Morgan fingerprint density at radius 3 is 2.61 bits per heavy atom. The number of hydrogen-bond donors (Lipinski definition) is 2. The Labute approximate surface area is 104 Å². The summed E-state index contributed by atoms with van der Waals surface area (Å²) in [5, 5.41) is 14.8. The van der Waals surface area contributed by atoms with E-state index in [1.165, 1.54) is 30.6 Å². The van der Waals surface area contributed by atoms with Crippen LogP contribution in [0.5, 0.6) is 0 Å². The van der Waals surface area contributed by atoms with Gasteiger partial charge in [0.2, 0.25) is 10.0 Å². The number of benzene rings is 1. The molecule has 0 atom stereocenters. The number of nitrogens with one attached hydrogen (secondary N) is 2. The van der Waals surface area contributed by atoms with E-state index in [2.05, 4.69) is 19.9 Å². The molecule has 2 rings (SSSR count). The van der Waals surface area contributed by atoms with Gasteiger partial charge in [-0.3, -0.25) is 5.10 Å². The Morgan fingerprint density at radius 1 is 1.33 bits per heavy atom. The highest BCUT2D eigenvalue weighted by atomic mass is 32.2. The van der Waals surface area contributed by atoms with Crippen LogP contribution in [0.2, 0.25) is 0 Å². The van der Waals surface area contributed by atoms with Gasteiger partial charge in [0.15, 0.2) is 0 Å². The summed E-state index contributed by atoms with van der Waals surface area (Å²) in [5.41, 5.74) is 0.407. The van der Waals surface area contributed by atoms with Crippen LogP contribution in [0.25, 0.3) is 0 Å². The maximum Gasteiger partial charge on any atom is 0.240 e. The summed E-state index contributed by atoms with van der Waals surface area (Å²) in [6, 6.07) is 7.57. The van der Waals surface area contributed by atoms with Crippen LogP contribution in [0.1, 0.15) is 11.4 Å². The number of hydrogen-bond acceptors (Lipinski definition) is 5. The Balaban J connectivity index is 2.13. The first-order valence-electron chi connectivity index (χ1n) is 4.96. The van der Waals surface area contributed by atoms with Crippen LogP contribution in [-0.2, 0) is 16.6 Å². The van der Waals surface area contributed by atoms with E-state index in [0.29, 0.717) is 11.4 Å². The summed E-state index contributed by atoms with van der Waals surface area (Å²) in [6.07, 6.45) is 1.30. The Hall–Kier alpha value is -2.24. The molecule has 0 fully saturated rings. The lowest BCUT2D eigenvalue weighted by Crippen LogP contribution is -2.23. The summed E-state index contributed by atoms with van der Waals surface area (Å²) >= 11 is 0. The molecule has 1 heterocycles. The number of aromatic amines is 1. The highest BCUT2D eigenvalue weighted by Gasteiger charge is 2.13. The standard InChI is InChI=1S/C10H9N5O2S/c11-5-8-1-3-9(4-2-8)18(16,17)14-6-10-12-7-13-15-10/h1-4,7,14H,6H2,(H,12,13,15). The molecule has 0 aliphatic carbocycles. The third kappa shape index (κ3) is 2.71. The lowest BCUT2D eigenvalue weighted by atomic mass is 10.2. The van der Waals surface area contributed by atoms with Gasteiger partial charge in [-0.1, -0.05) is 0 Å². The average Bonchev–Trinajstić information content (AvgIpc) is 2.90. The number of nitriles is 1. The van der Waals surface area contributed by atoms with E-state index in [4.69, 9.17) is 5.26 Å². The van der Waals surface area contributed by atoms with E-state index >= 15 is 0 Å². The van der Waals surface area contributed by atoms with E-state index in [1.807, 2.05) is 6.07 Å². The fourth-order valence-electron chi connectivity index (χ4n) is 1.27. The van der Waals surface area contributed by atoms with Gasteiger partial charge in [0.1, 0.15) is 12.2 Å². The summed E-state index contributed by atoms with van der Waals surface area (Å²) in [6.45, 7) is 0.0301. The van der Waals surface area contributed by atoms with E-state index in [-0.39, 0.29) is 11.4 Å². The van der Waals surface area contributed by atoms with Crippen LogP contribution in [0, 0.1) is 11.3 Å². The van der Waals surface area contributed by atoms with E-state index < -0.39 is 10.0 Å². The van der Waals surface area contributed by atoms with Gasteiger partial charge in [-0.05, 0) is 24.3 Å². The molecule has 92 valence electrons. The van der Waals surface area contributed by atoms with Crippen molar-refractivity contribution in [3.63, 3.8) is 0 Å². The second-order valence-corrected chi connectivity index (χ2v) is 5.16. The molecular weight excluding hydrogens is 254 g/mol. The normalized spacial score (nSPS) is 11.1. The highest BCUT2D eigenvalue weighted by molar-refractivity contribution is 7.89. The van der Waals surface area contributed by atoms with Crippen molar-refractivity contribution in [2.24, 2.45) is 0 Å². The molecule has 0 radical (unpaired) electrons. The van der Waals surface area contributed by atoms with Gasteiger partial charge in [-0.15, -0.1) is 0 Å². The Bertz CT molecular complexity index is 655. The van der Waals surface area contributed by atoms with Crippen LogP contribution < -0.4 is 4.72 Å². The van der Waals surface area contributed by atoms with Gasteiger partial charge >= 0.3 is 0 Å². The first-order valence-corrected chi connectivity index (χ1v) is 6.44. The molecule has 0 unspecified atom stereocenters. The molecule has 0 saturated heterocycles. The second-order valence-electron chi connectivity index (χ2n) is 3.39. The van der Waals surface area contributed by atoms with E-state index in [9.17, 15) is 8.42 Å². The van der Waals surface area contributed by atoms with Crippen LogP contribution in [0.15, 0.2) is 35.5 Å². The first-order chi connectivity index (χ1) is 8.62. The van der Waals surface area contributed by atoms with Gasteiger partial charge in [-0.2, -0.15) is 10.4 Å². The van der Waals surface area contributed by atoms with Gasteiger partial charge in [-0.25, -0.2) is 18.1 Å². The SMILES string of the molecule is N#Cc1ccc(S(=O)(=O)NCc2ncn[nH]2)cc1. The third-order valence-electron chi connectivity index (χ3n) is 2.19. The van der Waals surface area contributed by atoms with Gasteiger partial charge in [0, 0.05) is 0 Å². The van der Waals surface area contributed by atoms with Crippen LogP contribution in [0.4, 0.5) is 0 Å². The lowest BCUT2D eigenvalue weighted by molar-refractivity contribution is 0.579. The van der Waals surface area contributed by atoms with Crippen molar-refractivity contribution < 1.29 is 8.42 Å². The molecule has 8 heteroatoms. The number of aromatic nitrogens is 3. The molecule has 0 spiro atoms. The fraction of sp³-hybridized carbons (Fsp3) is 0.100. The number of rotatable bonds is 4. The summed E-state index contributed by atoms with van der Waals surface area (Å²) < 4.78 is 26.1. The smallest absolute Gasteiger partial charge is 0.240 e. The number of H-pyrrole nitrogens is 1. The van der Waals surface area contributed by atoms with Crippen molar-refractivity contribution in [2.45, 2.75) is 11.4 Å². The maximum absolute atomic E-state index is 11.9. The Kier molecular flexibility index (Phi) is 3.36. The first kappa shape index (κ1) is 12.2. The molecule has 0 saturated carbocycles. The molecule has 1 aromatic carbocycles. The number of nitrogens with zero attached hydrogens (tertiary/aromatic N) is 3. The zero-order chi connectivity index (χ0) is 13.0. The maximum atomic E-state index is 11.9. The van der Waals surface area contributed by atoms with E-state index in [1.54, 1.807) is 0 Å². The van der Waals surface area contributed by atoms with Gasteiger partial charge in [0.25, 0.3) is 0 Å². The molecular formula is C10H9N5O2S. The summed E-state index contributed by atoms with van der Waals surface area (Å²) in [5.74, 6) is 0.423. The zero-order valence-corrected chi connectivity index (χ0v) is 9.98. The number of sulfonamides is 1. The average molecular weight is 263 g/mol. The van der Waals surface area contributed by atoms with Crippen molar-refractivity contribution in [1.29, 1.82) is 5.26 Å². The lowest BCUT2D eigenvalue weighted by Gasteiger charge is -2.04. The van der Waals surface area contributed by atoms with Gasteiger partial charge < -0.3 is 0 Å². The largest absolute Gasteiger partial charge is 0.262 e. The molecule has 2 N–H and O–H groups in total. The van der Waals surface area contributed by atoms with Crippen LogP contribution in [-0.4, -0.2) is 23.6 Å². The molecule has 0 bridgehead atoms. The zero-order valence-electron chi connectivity index (χ0n) is 9.16. The van der Waals surface area contributed by atoms with Crippen molar-refractivity contribution in [3.8, 4) is 6.07 Å². The minimum Gasteiger partial charge on any atom is -0.262 e. The monoisotopic (exact) mass is 263 g/mol. The third-order valence-corrected chi connectivity index (χ3v) is 3.61. The van der Waals surface area contributed by atoms with Gasteiger partial charge in [0.05, 0.1) is 23.1 Å². The van der Waals surface area contributed by atoms with Crippen molar-refractivity contribution in [3.05, 3.63) is 42.0 Å². The molecule has 18 heavy (non-hydrogen) atoms. The minimum absolute atomic E-state index is 0.0301. The molecule has 0 aliphatic heterocycles. The Morgan fingerprint density at radius 2 is 2.06 bits per heavy atom. The van der Waals surface area contributed by atoms with Crippen molar-refractivity contribution >= 4 is 10.0 Å². The molecule has 0 aliphatic rings.